The molecule has 0 atom stereocenters. The van der Waals surface area contributed by atoms with Gasteiger partial charge in [0.15, 0.2) is 16.7 Å². The molecule has 0 aliphatic carbocycles. The van der Waals surface area contributed by atoms with Crippen molar-refractivity contribution < 1.29 is 13.9 Å². The zero-order valence-electron chi connectivity index (χ0n) is 19.7. The predicted molar refractivity (Wildman–Crippen MR) is 139 cm³/mol. The van der Waals surface area contributed by atoms with Crippen LogP contribution in [0.15, 0.2) is 76.1 Å². The van der Waals surface area contributed by atoms with Crippen LogP contribution >= 0.6 is 0 Å². The summed E-state index contributed by atoms with van der Waals surface area (Å²) in [7, 11) is 1.92. The number of pyridine rings is 1. The molecule has 6 aromatic rings. The van der Waals surface area contributed by atoms with Gasteiger partial charge >= 0.3 is 0 Å². The molecule has 7 heteroatoms. The van der Waals surface area contributed by atoms with Crippen LogP contribution < -0.4 is 14.9 Å². The van der Waals surface area contributed by atoms with E-state index in [1.807, 2.05) is 42.2 Å². The van der Waals surface area contributed by atoms with Gasteiger partial charge in [-0.05, 0) is 47.0 Å². The summed E-state index contributed by atoms with van der Waals surface area (Å²) in [6.45, 7) is 1.37. The topological polar surface area (TPSA) is 82.3 Å². The maximum atomic E-state index is 11.9. The number of aryl methyl sites for hydroxylation is 1. The van der Waals surface area contributed by atoms with Crippen molar-refractivity contribution in [1.82, 2.24) is 14.8 Å². The third kappa shape index (κ3) is 3.35. The van der Waals surface area contributed by atoms with Crippen LogP contribution in [0.5, 0.6) is 11.5 Å². The van der Waals surface area contributed by atoms with Gasteiger partial charge in [-0.2, -0.15) is 0 Å². The molecule has 178 valence electrons. The van der Waals surface area contributed by atoms with Gasteiger partial charge in [-0.25, -0.2) is 4.98 Å². The van der Waals surface area contributed by atoms with Crippen molar-refractivity contribution in [2.75, 3.05) is 13.2 Å². The number of H-pyrrole nitrogens is 1. The first-order valence-electron chi connectivity index (χ1n) is 12.0. The van der Waals surface area contributed by atoms with Crippen LogP contribution in [0.25, 0.3) is 44.2 Å². The molecule has 0 fully saturated rings. The lowest BCUT2D eigenvalue weighted by Gasteiger charge is -2.09. The quantitative estimate of drug-likeness (QED) is 0.360. The minimum Gasteiger partial charge on any atom is -0.493 e. The van der Waals surface area contributed by atoms with Crippen molar-refractivity contribution in [2.45, 2.75) is 12.8 Å². The number of hydrogen-bond donors (Lipinski definition) is 1. The highest BCUT2D eigenvalue weighted by atomic mass is 16.5. The molecule has 7 rings (SSSR count). The Labute approximate surface area is 205 Å². The lowest BCUT2D eigenvalue weighted by atomic mass is 10.0. The molecule has 36 heavy (non-hydrogen) atoms. The molecule has 0 unspecified atom stereocenters. The van der Waals surface area contributed by atoms with Crippen LogP contribution in [0, 0.1) is 0 Å². The molecule has 1 aliphatic rings. The molecule has 3 aromatic carbocycles. The van der Waals surface area contributed by atoms with E-state index in [9.17, 15) is 4.79 Å². The number of rotatable bonds is 5. The van der Waals surface area contributed by atoms with Gasteiger partial charge in [0.05, 0.1) is 13.2 Å². The van der Waals surface area contributed by atoms with Crippen LogP contribution in [0.4, 0.5) is 0 Å². The predicted octanol–water partition coefficient (Wildman–Crippen LogP) is 5.38. The maximum Gasteiger partial charge on any atom is 0.182 e. The fourth-order valence-corrected chi connectivity index (χ4v) is 5.05. The van der Waals surface area contributed by atoms with Crippen molar-refractivity contribution >= 4 is 33.1 Å². The number of benzene rings is 3. The van der Waals surface area contributed by atoms with E-state index >= 15 is 0 Å². The highest BCUT2D eigenvalue weighted by Gasteiger charge is 2.20. The van der Waals surface area contributed by atoms with E-state index in [4.69, 9.17) is 18.9 Å². The van der Waals surface area contributed by atoms with Crippen molar-refractivity contribution in [2.24, 2.45) is 7.05 Å². The first-order chi connectivity index (χ1) is 17.6. The molecule has 0 saturated heterocycles. The summed E-state index contributed by atoms with van der Waals surface area (Å²) in [6.07, 6.45) is 3.74. The standard InChI is InChI=1S/C29H23N3O4/c1-32-29-23(16-30-32)26(28-27(31-29)22-8-5-20(33)15-25(22)36-28)18-3-6-21(7-4-18)34-12-10-17-2-9-24-19(14-17)11-13-35-24/h2-9,14-16,30H,10-13H2,1H3. The summed E-state index contributed by atoms with van der Waals surface area (Å²) in [5.74, 6) is 1.81. The zero-order valence-corrected chi connectivity index (χ0v) is 19.7. The van der Waals surface area contributed by atoms with Gasteiger partial charge < -0.3 is 19.0 Å². The average Bonchev–Trinajstić information content (AvgIpc) is 3.60. The van der Waals surface area contributed by atoms with Gasteiger partial charge in [-0.15, -0.1) is 0 Å². The van der Waals surface area contributed by atoms with Crippen LogP contribution in [0.3, 0.4) is 0 Å². The van der Waals surface area contributed by atoms with Crippen LogP contribution in [0.1, 0.15) is 11.1 Å². The number of nitrogens with one attached hydrogen (secondary N) is 1. The van der Waals surface area contributed by atoms with Gasteiger partial charge in [-0.1, -0.05) is 24.3 Å². The molecule has 1 aliphatic heterocycles. The molecule has 3 aromatic heterocycles. The van der Waals surface area contributed by atoms with E-state index in [-0.39, 0.29) is 5.43 Å². The Kier molecular flexibility index (Phi) is 4.64. The van der Waals surface area contributed by atoms with E-state index < -0.39 is 0 Å². The Morgan fingerprint density at radius 1 is 1.06 bits per heavy atom. The van der Waals surface area contributed by atoms with E-state index in [0.717, 1.165) is 64.0 Å². The number of ether oxygens (including phenoxy) is 2. The number of fused-ring (bicyclic) bond motifs is 5. The first kappa shape index (κ1) is 20.8. The molecular formula is C29H23N3O4. The molecule has 4 heterocycles. The largest absolute Gasteiger partial charge is 0.493 e. The van der Waals surface area contributed by atoms with E-state index in [1.165, 1.54) is 17.2 Å². The molecule has 1 N–H and O–H groups in total. The van der Waals surface area contributed by atoms with Gasteiger partial charge in [0, 0.05) is 48.5 Å². The third-order valence-corrected chi connectivity index (χ3v) is 6.87. The van der Waals surface area contributed by atoms with Crippen LogP contribution in [0.2, 0.25) is 0 Å². The van der Waals surface area contributed by atoms with Gasteiger partial charge in [0.2, 0.25) is 0 Å². The number of aromatic nitrogens is 3. The van der Waals surface area contributed by atoms with Crippen LogP contribution in [-0.2, 0) is 19.9 Å². The molecule has 0 spiro atoms. The molecule has 0 saturated carbocycles. The minimum absolute atomic E-state index is 0.0873. The summed E-state index contributed by atoms with van der Waals surface area (Å²) in [4.78, 5) is 16.8. The van der Waals surface area contributed by atoms with E-state index in [1.54, 1.807) is 12.1 Å². The second-order valence-corrected chi connectivity index (χ2v) is 9.16. The molecule has 0 amide bonds. The Morgan fingerprint density at radius 3 is 2.83 bits per heavy atom. The SMILES string of the molecule is Cn1[nH]cc2c(-c3ccc(OCCc4ccc5c(c4)CCO5)cc3)c3oc4cc(=O)ccc4c3nc21. The smallest absolute Gasteiger partial charge is 0.182 e. The summed E-state index contributed by atoms with van der Waals surface area (Å²) >= 11 is 0. The molecule has 7 nitrogen and oxygen atoms in total. The minimum atomic E-state index is -0.0873. The van der Waals surface area contributed by atoms with E-state index in [2.05, 4.69) is 23.3 Å². The summed E-state index contributed by atoms with van der Waals surface area (Å²) < 4.78 is 19.7. The monoisotopic (exact) mass is 477 g/mol. The Morgan fingerprint density at radius 2 is 1.94 bits per heavy atom. The Hall–Kier alpha value is -4.52. The lowest BCUT2D eigenvalue weighted by Crippen LogP contribution is -2.01. The maximum absolute atomic E-state index is 11.9. The molecule has 0 bridgehead atoms. The van der Waals surface area contributed by atoms with Crippen LogP contribution in [-0.4, -0.2) is 28.0 Å². The van der Waals surface area contributed by atoms with Crippen molar-refractivity contribution in [3.8, 4) is 22.6 Å². The van der Waals surface area contributed by atoms with E-state index in [0.29, 0.717) is 17.8 Å². The average molecular weight is 478 g/mol. The van der Waals surface area contributed by atoms with Gasteiger partial charge in [0.25, 0.3) is 0 Å². The summed E-state index contributed by atoms with van der Waals surface area (Å²) in [5, 5.41) is 4.98. The Balaban J connectivity index is 1.21. The fraction of sp³-hybridized carbons (Fsp3) is 0.172. The summed E-state index contributed by atoms with van der Waals surface area (Å²) in [5.41, 5.74) is 7.12. The van der Waals surface area contributed by atoms with Gasteiger partial charge in [0.1, 0.15) is 22.6 Å². The molecular weight excluding hydrogens is 454 g/mol. The number of hydrogen-bond acceptors (Lipinski definition) is 5. The van der Waals surface area contributed by atoms with Gasteiger partial charge in [-0.3, -0.25) is 9.48 Å². The van der Waals surface area contributed by atoms with Crippen molar-refractivity contribution in [3.05, 3.63) is 88.2 Å². The molecule has 0 radical (unpaired) electrons. The lowest BCUT2D eigenvalue weighted by molar-refractivity contribution is 0.322. The van der Waals surface area contributed by atoms with Crippen molar-refractivity contribution in [1.29, 1.82) is 0 Å². The zero-order chi connectivity index (χ0) is 24.2. The number of furan rings is 1. The summed E-state index contributed by atoms with van der Waals surface area (Å²) in [6, 6.07) is 19.3. The fourth-order valence-electron chi connectivity index (χ4n) is 5.05. The van der Waals surface area contributed by atoms with Crippen molar-refractivity contribution in [3.63, 3.8) is 0 Å². The second-order valence-electron chi connectivity index (χ2n) is 9.16. The Bertz CT molecular complexity index is 1830. The highest BCUT2D eigenvalue weighted by Crippen LogP contribution is 2.39. The number of aromatic amines is 1. The first-order valence-corrected chi connectivity index (χ1v) is 12.0. The third-order valence-electron chi connectivity index (χ3n) is 6.87. The second kappa shape index (κ2) is 8.02. The highest BCUT2D eigenvalue weighted by molar-refractivity contribution is 6.14. The number of nitrogens with zero attached hydrogens (tertiary/aromatic N) is 2. The normalized spacial score (nSPS) is 12.9.